The molecule has 0 radical (unpaired) electrons. The SMILES string of the molecule is [3H]C(C)(C)S(=O)(=O)CC(C)C(C)(C)C. The number of hydrogen-bond acceptors (Lipinski definition) is 2. The van der Waals surface area contributed by atoms with Gasteiger partial charge in [-0.05, 0) is 25.2 Å². The smallest absolute Gasteiger partial charge is 0.152 e. The van der Waals surface area contributed by atoms with Gasteiger partial charge in [0.2, 0.25) is 0 Å². The molecule has 3 heteroatoms. The average Bonchev–Trinajstić information content (AvgIpc) is 1.80. The van der Waals surface area contributed by atoms with E-state index in [0.717, 1.165) is 0 Å². The maximum absolute atomic E-state index is 11.7. The van der Waals surface area contributed by atoms with Crippen LogP contribution in [-0.4, -0.2) is 19.4 Å². The average molecular weight is 208 g/mol. The summed E-state index contributed by atoms with van der Waals surface area (Å²) >= 11 is 0. The van der Waals surface area contributed by atoms with E-state index in [4.69, 9.17) is 1.37 Å². The maximum atomic E-state index is 11.7. The summed E-state index contributed by atoms with van der Waals surface area (Å²) in [5.74, 6) is 0.157. The first kappa shape index (κ1) is 11.0. The lowest BCUT2D eigenvalue weighted by atomic mass is 9.83. The molecule has 0 aliphatic heterocycles. The Bertz CT molecular complexity index is 280. The minimum Gasteiger partial charge on any atom is -0.229 e. The van der Waals surface area contributed by atoms with Crippen LogP contribution in [0.25, 0.3) is 0 Å². The number of rotatable bonds is 3. The van der Waals surface area contributed by atoms with E-state index < -0.39 is 15.1 Å². The molecule has 0 rings (SSSR count). The molecule has 80 valence electrons. The zero-order chi connectivity index (χ0) is 11.8. The molecule has 0 aromatic heterocycles. The third-order valence-corrected chi connectivity index (χ3v) is 4.75. The molecule has 0 aromatic rings. The molecule has 0 aliphatic rings. The van der Waals surface area contributed by atoms with Gasteiger partial charge in [-0.2, -0.15) is 0 Å². The number of sulfone groups is 1. The van der Waals surface area contributed by atoms with Crippen LogP contribution < -0.4 is 0 Å². The Morgan fingerprint density at radius 3 is 1.85 bits per heavy atom. The van der Waals surface area contributed by atoms with Crippen molar-refractivity contribution in [3.05, 3.63) is 0 Å². The normalized spacial score (nSPS) is 18.2. The lowest BCUT2D eigenvalue weighted by Gasteiger charge is -2.27. The van der Waals surface area contributed by atoms with Crippen LogP contribution in [-0.2, 0) is 9.84 Å². The Labute approximate surface area is 84.1 Å². The molecular formula is C10H22O2S. The Hall–Kier alpha value is -0.0500. The van der Waals surface area contributed by atoms with E-state index in [1.807, 2.05) is 27.7 Å². The van der Waals surface area contributed by atoms with Gasteiger partial charge < -0.3 is 0 Å². The largest absolute Gasteiger partial charge is 0.229 e. The first-order chi connectivity index (χ1) is 5.88. The number of hydrogen-bond donors (Lipinski definition) is 0. The lowest BCUT2D eigenvalue weighted by Crippen LogP contribution is -2.29. The Balaban J connectivity index is 4.72. The minimum atomic E-state index is -3.31. The monoisotopic (exact) mass is 208 g/mol. The van der Waals surface area contributed by atoms with Gasteiger partial charge in [-0.15, -0.1) is 0 Å². The lowest BCUT2D eigenvalue weighted by molar-refractivity contribution is 0.285. The van der Waals surface area contributed by atoms with E-state index in [2.05, 4.69) is 0 Å². The molecule has 0 heterocycles. The molecule has 0 saturated heterocycles. The highest BCUT2D eigenvalue weighted by atomic mass is 32.2. The van der Waals surface area contributed by atoms with Crippen molar-refractivity contribution in [2.45, 2.75) is 46.8 Å². The van der Waals surface area contributed by atoms with Crippen molar-refractivity contribution >= 4 is 9.84 Å². The fourth-order valence-electron chi connectivity index (χ4n) is 0.746. The molecule has 0 bridgehead atoms. The van der Waals surface area contributed by atoms with Crippen molar-refractivity contribution in [2.75, 3.05) is 5.75 Å². The summed E-state index contributed by atoms with van der Waals surface area (Å²) in [6, 6.07) is 0. The summed E-state index contributed by atoms with van der Waals surface area (Å²) in [6.45, 7) is 10.8. The molecule has 0 saturated carbocycles. The van der Waals surface area contributed by atoms with E-state index in [1.54, 1.807) is 0 Å². The van der Waals surface area contributed by atoms with Crippen molar-refractivity contribution in [1.82, 2.24) is 0 Å². The zero-order valence-corrected chi connectivity index (χ0v) is 10.3. The van der Waals surface area contributed by atoms with Gasteiger partial charge in [0, 0.05) is 1.37 Å². The van der Waals surface area contributed by atoms with Crippen LogP contribution in [0.4, 0.5) is 0 Å². The third kappa shape index (κ3) is 4.12. The standard InChI is InChI=1S/C10H22O2S/c1-8(2)13(11,12)7-9(3)10(4,5)6/h8-9H,7H2,1-6H3/i8T. The van der Waals surface area contributed by atoms with Crippen LogP contribution in [0.15, 0.2) is 0 Å². The fourth-order valence-corrected chi connectivity index (χ4v) is 2.24. The Kier molecular flexibility index (Phi) is 3.38. The summed E-state index contributed by atoms with van der Waals surface area (Å²) in [5, 5.41) is -1.38. The molecule has 0 aromatic carbocycles. The molecule has 0 N–H and O–H groups in total. The Morgan fingerprint density at radius 2 is 1.62 bits per heavy atom. The molecule has 0 fully saturated rings. The van der Waals surface area contributed by atoms with Crippen LogP contribution in [0, 0.1) is 11.3 Å². The minimum absolute atomic E-state index is 0.0294. The highest BCUT2D eigenvalue weighted by Crippen LogP contribution is 2.27. The summed E-state index contributed by atoms with van der Waals surface area (Å²) in [7, 11) is -3.31. The second-order valence-electron chi connectivity index (χ2n) is 4.96. The molecule has 1 unspecified atom stereocenters. The molecule has 2 nitrogen and oxygen atoms in total. The first-order valence-electron chi connectivity index (χ1n) is 5.10. The van der Waals surface area contributed by atoms with E-state index in [1.165, 1.54) is 13.8 Å². The fraction of sp³-hybridized carbons (Fsp3) is 1.00. The highest BCUT2D eigenvalue weighted by Gasteiger charge is 2.27. The van der Waals surface area contributed by atoms with Gasteiger partial charge in [-0.1, -0.05) is 27.7 Å². The van der Waals surface area contributed by atoms with Gasteiger partial charge in [-0.3, -0.25) is 0 Å². The quantitative estimate of drug-likeness (QED) is 0.714. The van der Waals surface area contributed by atoms with E-state index in [-0.39, 0.29) is 17.1 Å². The second-order valence-corrected chi connectivity index (χ2v) is 7.34. The van der Waals surface area contributed by atoms with Crippen molar-refractivity contribution in [1.29, 1.82) is 0 Å². The van der Waals surface area contributed by atoms with Crippen molar-refractivity contribution in [2.24, 2.45) is 11.3 Å². The van der Waals surface area contributed by atoms with Crippen molar-refractivity contribution in [3.8, 4) is 0 Å². The van der Waals surface area contributed by atoms with Gasteiger partial charge in [0.05, 0.1) is 11.0 Å². The van der Waals surface area contributed by atoms with Crippen LogP contribution in [0.1, 0.15) is 42.9 Å². The highest BCUT2D eigenvalue weighted by molar-refractivity contribution is 7.91. The van der Waals surface area contributed by atoms with E-state index >= 15 is 0 Å². The molecule has 0 aliphatic carbocycles. The van der Waals surface area contributed by atoms with Crippen LogP contribution in [0.3, 0.4) is 0 Å². The predicted molar refractivity (Wildman–Crippen MR) is 57.5 cm³/mol. The summed E-state index contributed by atoms with van der Waals surface area (Å²) < 4.78 is 31.0. The second kappa shape index (κ2) is 3.99. The molecular weight excluding hydrogens is 184 g/mol. The van der Waals surface area contributed by atoms with Gasteiger partial charge in [-0.25, -0.2) is 8.42 Å². The maximum Gasteiger partial charge on any atom is 0.152 e. The topological polar surface area (TPSA) is 34.1 Å². The van der Waals surface area contributed by atoms with Gasteiger partial charge >= 0.3 is 0 Å². The van der Waals surface area contributed by atoms with Crippen LogP contribution >= 0.6 is 0 Å². The van der Waals surface area contributed by atoms with Crippen molar-refractivity contribution in [3.63, 3.8) is 0 Å². The summed E-state index contributed by atoms with van der Waals surface area (Å²) in [5.41, 5.74) is -0.0294. The Morgan fingerprint density at radius 1 is 1.23 bits per heavy atom. The zero-order valence-electron chi connectivity index (χ0n) is 10.5. The molecule has 1 atom stereocenters. The third-order valence-electron chi connectivity index (χ3n) is 2.57. The van der Waals surface area contributed by atoms with E-state index in [0.29, 0.717) is 0 Å². The van der Waals surface area contributed by atoms with Crippen LogP contribution in [0.2, 0.25) is 0 Å². The van der Waals surface area contributed by atoms with Crippen molar-refractivity contribution < 1.29 is 9.79 Å². The summed E-state index contributed by atoms with van der Waals surface area (Å²) in [4.78, 5) is 0. The first-order valence-corrected chi connectivity index (χ1v) is 6.25. The summed E-state index contributed by atoms with van der Waals surface area (Å²) in [6.07, 6.45) is 0. The van der Waals surface area contributed by atoms with E-state index in [9.17, 15) is 8.42 Å². The van der Waals surface area contributed by atoms with Gasteiger partial charge in [0.1, 0.15) is 0 Å². The molecule has 0 amide bonds. The molecule has 13 heavy (non-hydrogen) atoms. The molecule has 0 spiro atoms. The van der Waals surface area contributed by atoms with Crippen LogP contribution in [0.5, 0.6) is 0 Å². The van der Waals surface area contributed by atoms with Gasteiger partial charge in [0.25, 0.3) is 0 Å². The van der Waals surface area contributed by atoms with Gasteiger partial charge in [0.15, 0.2) is 9.84 Å². The predicted octanol–water partition coefficient (Wildman–Crippen LogP) is 2.49.